The third kappa shape index (κ3) is 2.73. The lowest BCUT2D eigenvalue weighted by Crippen LogP contribution is -2.31. The van der Waals surface area contributed by atoms with E-state index in [1.54, 1.807) is 6.20 Å². The molecule has 0 bridgehead atoms. The fourth-order valence-corrected chi connectivity index (χ4v) is 2.87. The molecule has 1 aliphatic heterocycles. The number of benzene rings is 2. The molecule has 2 heteroatoms. The number of allylic oxidation sites excluding steroid dienone is 1. The standard InChI is InChI=1S/C20H19NO/c1-3-21-13-18(16-9-5-4-6-10-16)20(22)19(14-21)17-11-7-8-15(2)12-17/h3-13,19H,1,14H2,2H3. The van der Waals surface area contributed by atoms with E-state index in [4.69, 9.17) is 0 Å². The molecule has 110 valence electrons. The average molecular weight is 289 g/mol. The van der Waals surface area contributed by atoms with E-state index in [1.165, 1.54) is 5.56 Å². The number of ketones is 1. The lowest BCUT2D eigenvalue weighted by molar-refractivity contribution is -0.115. The average Bonchev–Trinajstić information content (AvgIpc) is 2.56. The molecule has 0 N–H and O–H groups in total. The summed E-state index contributed by atoms with van der Waals surface area (Å²) in [7, 11) is 0. The molecule has 0 fully saturated rings. The number of nitrogens with zero attached hydrogens (tertiary/aromatic N) is 1. The van der Waals surface area contributed by atoms with Gasteiger partial charge in [0.25, 0.3) is 0 Å². The quantitative estimate of drug-likeness (QED) is 0.846. The molecule has 1 atom stereocenters. The Labute approximate surface area is 131 Å². The molecule has 2 nitrogen and oxygen atoms in total. The maximum absolute atomic E-state index is 13.0. The summed E-state index contributed by atoms with van der Waals surface area (Å²) in [6.07, 6.45) is 3.68. The molecule has 3 rings (SSSR count). The molecule has 0 saturated carbocycles. The van der Waals surface area contributed by atoms with Gasteiger partial charge in [0.05, 0.1) is 5.92 Å². The van der Waals surface area contributed by atoms with Crippen LogP contribution in [0.4, 0.5) is 0 Å². The van der Waals surface area contributed by atoms with Gasteiger partial charge >= 0.3 is 0 Å². The first-order valence-electron chi connectivity index (χ1n) is 7.45. The topological polar surface area (TPSA) is 20.3 Å². The van der Waals surface area contributed by atoms with Crippen LogP contribution in [-0.2, 0) is 4.79 Å². The minimum atomic E-state index is -0.155. The van der Waals surface area contributed by atoms with Crippen LogP contribution in [0.1, 0.15) is 22.6 Å². The van der Waals surface area contributed by atoms with Crippen LogP contribution in [0.25, 0.3) is 5.57 Å². The van der Waals surface area contributed by atoms with Crippen LogP contribution in [-0.4, -0.2) is 17.2 Å². The van der Waals surface area contributed by atoms with Gasteiger partial charge in [0.1, 0.15) is 0 Å². The Kier molecular flexibility index (Phi) is 3.92. The van der Waals surface area contributed by atoms with Gasteiger partial charge in [-0.15, -0.1) is 0 Å². The molecule has 2 aromatic carbocycles. The van der Waals surface area contributed by atoms with Gasteiger partial charge in [-0.05, 0) is 24.3 Å². The number of carbonyl (C=O) groups is 1. The zero-order valence-corrected chi connectivity index (χ0v) is 12.7. The van der Waals surface area contributed by atoms with Gasteiger partial charge in [-0.25, -0.2) is 0 Å². The Morgan fingerprint density at radius 1 is 1.14 bits per heavy atom. The molecule has 0 radical (unpaired) electrons. The van der Waals surface area contributed by atoms with E-state index in [1.807, 2.05) is 53.6 Å². The highest BCUT2D eigenvalue weighted by Crippen LogP contribution is 2.31. The molecule has 0 saturated heterocycles. The summed E-state index contributed by atoms with van der Waals surface area (Å²) >= 11 is 0. The van der Waals surface area contributed by atoms with Crippen molar-refractivity contribution in [1.82, 2.24) is 4.90 Å². The third-order valence-corrected chi connectivity index (χ3v) is 4.03. The van der Waals surface area contributed by atoms with Crippen molar-refractivity contribution in [3.05, 3.63) is 90.3 Å². The Morgan fingerprint density at radius 3 is 2.59 bits per heavy atom. The van der Waals surface area contributed by atoms with E-state index in [2.05, 4.69) is 25.6 Å². The molecule has 0 aromatic heterocycles. The van der Waals surface area contributed by atoms with Gasteiger partial charge in [-0.3, -0.25) is 4.79 Å². The number of rotatable bonds is 3. The summed E-state index contributed by atoms with van der Waals surface area (Å²) in [4.78, 5) is 15.0. The van der Waals surface area contributed by atoms with E-state index in [0.29, 0.717) is 6.54 Å². The second-order valence-electron chi connectivity index (χ2n) is 5.62. The van der Waals surface area contributed by atoms with E-state index in [-0.39, 0.29) is 11.7 Å². The first-order chi connectivity index (χ1) is 10.7. The fourth-order valence-electron chi connectivity index (χ4n) is 2.87. The predicted molar refractivity (Wildman–Crippen MR) is 90.2 cm³/mol. The molecule has 1 unspecified atom stereocenters. The van der Waals surface area contributed by atoms with Crippen LogP contribution >= 0.6 is 0 Å². The first kappa shape index (κ1) is 14.3. The van der Waals surface area contributed by atoms with E-state index >= 15 is 0 Å². The molecular weight excluding hydrogens is 270 g/mol. The van der Waals surface area contributed by atoms with Gasteiger partial charge in [-0.2, -0.15) is 0 Å². The smallest absolute Gasteiger partial charge is 0.174 e. The van der Waals surface area contributed by atoms with Crippen molar-refractivity contribution in [2.45, 2.75) is 12.8 Å². The van der Waals surface area contributed by atoms with Crippen molar-refractivity contribution in [2.75, 3.05) is 6.54 Å². The zero-order chi connectivity index (χ0) is 15.5. The molecule has 2 aromatic rings. The third-order valence-electron chi connectivity index (χ3n) is 4.03. The number of aryl methyl sites for hydroxylation is 1. The Bertz CT molecular complexity index is 730. The van der Waals surface area contributed by atoms with Crippen molar-refractivity contribution in [1.29, 1.82) is 0 Å². The van der Waals surface area contributed by atoms with E-state index < -0.39 is 0 Å². The van der Waals surface area contributed by atoms with E-state index in [9.17, 15) is 4.79 Å². The summed E-state index contributed by atoms with van der Waals surface area (Å²) in [6, 6.07) is 18.0. The van der Waals surface area contributed by atoms with Crippen LogP contribution < -0.4 is 0 Å². The summed E-state index contributed by atoms with van der Waals surface area (Å²) < 4.78 is 0. The number of hydrogen-bond donors (Lipinski definition) is 0. The maximum atomic E-state index is 13.0. The van der Waals surface area contributed by atoms with Crippen molar-refractivity contribution in [3.8, 4) is 0 Å². The van der Waals surface area contributed by atoms with Crippen LogP contribution in [0.15, 0.2) is 73.6 Å². The number of carbonyl (C=O) groups excluding carboxylic acids is 1. The van der Waals surface area contributed by atoms with Crippen molar-refractivity contribution < 1.29 is 4.79 Å². The zero-order valence-electron chi connectivity index (χ0n) is 12.7. The Morgan fingerprint density at radius 2 is 1.91 bits per heavy atom. The van der Waals surface area contributed by atoms with Crippen LogP contribution in [0.5, 0.6) is 0 Å². The molecule has 0 amide bonds. The van der Waals surface area contributed by atoms with Gasteiger partial charge in [0.15, 0.2) is 5.78 Å². The van der Waals surface area contributed by atoms with Crippen molar-refractivity contribution in [3.63, 3.8) is 0 Å². The molecule has 0 spiro atoms. The molecular formula is C20H19NO. The number of hydrogen-bond acceptors (Lipinski definition) is 2. The second kappa shape index (κ2) is 6.02. The van der Waals surface area contributed by atoms with Gasteiger partial charge in [0, 0.05) is 18.3 Å². The summed E-state index contributed by atoms with van der Waals surface area (Å²) in [5, 5.41) is 0. The molecule has 1 heterocycles. The van der Waals surface area contributed by atoms with Crippen molar-refractivity contribution in [2.24, 2.45) is 0 Å². The molecule has 0 aliphatic carbocycles. The van der Waals surface area contributed by atoms with Gasteiger partial charge in [0.2, 0.25) is 0 Å². The highest BCUT2D eigenvalue weighted by atomic mass is 16.1. The first-order valence-corrected chi connectivity index (χ1v) is 7.45. The second-order valence-corrected chi connectivity index (χ2v) is 5.62. The monoisotopic (exact) mass is 289 g/mol. The molecule has 1 aliphatic rings. The minimum absolute atomic E-state index is 0.155. The summed E-state index contributed by atoms with van der Waals surface area (Å²) in [5.74, 6) is 0.0213. The van der Waals surface area contributed by atoms with Gasteiger partial charge in [-0.1, -0.05) is 66.7 Å². The highest BCUT2D eigenvalue weighted by molar-refractivity contribution is 6.24. The van der Waals surface area contributed by atoms with Crippen LogP contribution in [0, 0.1) is 6.92 Å². The highest BCUT2D eigenvalue weighted by Gasteiger charge is 2.30. The summed E-state index contributed by atoms with van der Waals surface area (Å²) in [5.41, 5.74) is 3.94. The lowest BCUT2D eigenvalue weighted by Gasteiger charge is -2.30. The van der Waals surface area contributed by atoms with Crippen LogP contribution in [0.2, 0.25) is 0 Å². The summed E-state index contributed by atoms with van der Waals surface area (Å²) in [6.45, 7) is 6.55. The number of Topliss-reactive ketones (excluding diaryl/α,β-unsaturated/α-hetero) is 1. The predicted octanol–water partition coefficient (Wildman–Crippen LogP) is 4.15. The Hall–Kier alpha value is -2.61. The van der Waals surface area contributed by atoms with Gasteiger partial charge < -0.3 is 4.90 Å². The van der Waals surface area contributed by atoms with E-state index in [0.717, 1.165) is 16.7 Å². The fraction of sp³-hybridized carbons (Fsp3) is 0.150. The maximum Gasteiger partial charge on any atom is 0.174 e. The Balaban J connectivity index is 2.03. The van der Waals surface area contributed by atoms with Crippen molar-refractivity contribution >= 4 is 11.4 Å². The SMILES string of the molecule is C=CN1C=C(c2ccccc2)C(=O)C(c2cccc(C)c2)C1. The normalized spacial score (nSPS) is 18.0. The van der Waals surface area contributed by atoms with Crippen LogP contribution in [0.3, 0.4) is 0 Å². The largest absolute Gasteiger partial charge is 0.353 e. The lowest BCUT2D eigenvalue weighted by atomic mass is 9.85. The molecule has 22 heavy (non-hydrogen) atoms. The minimum Gasteiger partial charge on any atom is -0.353 e.